The predicted molar refractivity (Wildman–Crippen MR) is 95.6 cm³/mol. The number of hydrogen-bond donors (Lipinski definition) is 2. The maximum absolute atomic E-state index is 11.6. The van der Waals surface area contributed by atoms with Gasteiger partial charge >= 0.3 is 0 Å². The van der Waals surface area contributed by atoms with E-state index in [2.05, 4.69) is 16.7 Å². The van der Waals surface area contributed by atoms with Gasteiger partial charge in [0.05, 0.1) is 5.75 Å². The van der Waals surface area contributed by atoms with Gasteiger partial charge in [-0.1, -0.05) is 24.2 Å². The molecule has 0 aliphatic rings. The van der Waals surface area contributed by atoms with Crippen LogP contribution in [0.2, 0.25) is 0 Å². The summed E-state index contributed by atoms with van der Waals surface area (Å²) in [6, 6.07) is 4.08. The molecule has 23 heavy (non-hydrogen) atoms. The molecule has 0 radical (unpaired) electrons. The molecule has 0 atom stereocenters. The summed E-state index contributed by atoms with van der Waals surface area (Å²) < 4.78 is 0. The quantitative estimate of drug-likeness (QED) is 0.597. The third kappa shape index (κ3) is 10.9. The summed E-state index contributed by atoms with van der Waals surface area (Å²) in [4.78, 5) is 35.0. The first kappa shape index (κ1) is 19.7. The van der Waals surface area contributed by atoms with Gasteiger partial charge in [-0.25, -0.2) is 0 Å². The molecule has 1 heterocycles. The standard InChI is InChI=1S/C16H24N2O3S2/c1-13(19)23-12-16(21)17-9-4-2-3-7-15(20)18-10-8-14-6-5-11-22-14/h5-6,11H,2-4,7-10,12H2,1H3,(H,17,21)(H,18,20). The maximum Gasteiger partial charge on any atom is 0.230 e. The van der Waals surface area contributed by atoms with Crippen molar-refractivity contribution >= 4 is 40.0 Å². The van der Waals surface area contributed by atoms with E-state index in [4.69, 9.17) is 0 Å². The highest BCUT2D eigenvalue weighted by atomic mass is 32.2. The molecule has 0 aliphatic heterocycles. The van der Waals surface area contributed by atoms with Crippen molar-refractivity contribution in [1.82, 2.24) is 10.6 Å². The van der Waals surface area contributed by atoms with Gasteiger partial charge in [0.15, 0.2) is 5.12 Å². The number of carbonyl (C=O) groups excluding carboxylic acids is 3. The predicted octanol–water partition coefficient (Wildman–Crippen LogP) is 2.36. The van der Waals surface area contributed by atoms with E-state index < -0.39 is 0 Å². The van der Waals surface area contributed by atoms with Crippen LogP contribution in [0.15, 0.2) is 17.5 Å². The Morgan fingerprint density at radius 2 is 1.87 bits per heavy atom. The molecule has 1 rings (SSSR count). The molecule has 0 unspecified atom stereocenters. The van der Waals surface area contributed by atoms with Gasteiger partial charge in [0.25, 0.3) is 0 Å². The van der Waals surface area contributed by atoms with Crippen LogP contribution in [-0.2, 0) is 20.8 Å². The molecule has 2 amide bonds. The van der Waals surface area contributed by atoms with E-state index in [0.29, 0.717) is 19.5 Å². The Kier molecular flexibility index (Phi) is 10.4. The van der Waals surface area contributed by atoms with Crippen LogP contribution in [0, 0.1) is 0 Å². The molecule has 0 aliphatic carbocycles. The van der Waals surface area contributed by atoms with Gasteiger partial charge in [-0.2, -0.15) is 0 Å². The average molecular weight is 357 g/mol. The Labute approximate surface area is 145 Å². The lowest BCUT2D eigenvalue weighted by atomic mass is 10.2. The molecule has 0 saturated heterocycles. The number of thioether (sulfide) groups is 1. The summed E-state index contributed by atoms with van der Waals surface area (Å²) >= 11 is 2.72. The fraction of sp³-hybridized carbons (Fsp3) is 0.562. The number of thiophene rings is 1. The van der Waals surface area contributed by atoms with Gasteiger partial charge < -0.3 is 10.6 Å². The monoisotopic (exact) mass is 356 g/mol. The van der Waals surface area contributed by atoms with Crippen LogP contribution >= 0.6 is 23.1 Å². The minimum Gasteiger partial charge on any atom is -0.356 e. The highest BCUT2D eigenvalue weighted by Crippen LogP contribution is 2.08. The largest absolute Gasteiger partial charge is 0.356 e. The lowest BCUT2D eigenvalue weighted by molar-refractivity contribution is -0.121. The van der Waals surface area contributed by atoms with Gasteiger partial charge in [-0.3, -0.25) is 14.4 Å². The summed E-state index contributed by atoms with van der Waals surface area (Å²) in [6.07, 6.45) is 3.98. The van der Waals surface area contributed by atoms with Crippen molar-refractivity contribution in [3.63, 3.8) is 0 Å². The number of unbranched alkanes of at least 4 members (excludes halogenated alkanes) is 2. The van der Waals surface area contributed by atoms with Crippen molar-refractivity contribution in [3.05, 3.63) is 22.4 Å². The highest BCUT2D eigenvalue weighted by molar-refractivity contribution is 8.14. The first-order chi connectivity index (χ1) is 11.1. The highest BCUT2D eigenvalue weighted by Gasteiger charge is 2.04. The maximum atomic E-state index is 11.6. The Morgan fingerprint density at radius 3 is 2.57 bits per heavy atom. The van der Waals surface area contributed by atoms with Crippen molar-refractivity contribution in [1.29, 1.82) is 0 Å². The fourth-order valence-electron chi connectivity index (χ4n) is 1.90. The third-order valence-corrected chi connectivity index (χ3v) is 4.83. The van der Waals surface area contributed by atoms with Crippen molar-refractivity contribution in [2.45, 2.75) is 39.0 Å². The molecule has 0 spiro atoms. The Morgan fingerprint density at radius 1 is 1.09 bits per heavy atom. The Hall–Kier alpha value is -1.34. The number of hydrogen-bond acceptors (Lipinski definition) is 5. The molecular weight excluding hydrogens is 332 g/mol. The molecule has 0 aromatic carbocycles. The molecule has 5 nitrogen and oxygen atoms in total. The van der Waals surface area contributed by atoms with Crippen LogP contribution in [0.3, 0.4) is 0 Å². The molecule has 0 bridgehead atoms. The summed E-state index contributed by atoms with van der Waals surface area (Å²) in [6.45, 7) is 2.73. The van der Waals surface area contributed by atoms with E-state index in [0.717, 1.165) is 37.4 Å². The number of nitrogens with one attached hydrogen (secondary N) is 2. The lowest BCUT2D eigenvalue weighted by Crippen LogP contribution is -2.27. The molecular formula is C16H24N2O3S2. The van der Waals surface area contributed by atoms with Gasteiger partial charge in [0, 0.05) is 31.3 Å². The summed E-state index contributed by atoms with van der Waals surface area (Å²) in [5.74, 6) is 0.155. The van der Waals surface area contributed by atoms with Crippen molar-refractivity contribution in [2.75, 3.05) is 18.8 Å². The molecule has 7 heteroatoms. The van der Waals surface area contributed by atoms with Crippen LogP contribution in [0.25, 0.3) is 0 Å². The topological polar surface area (TPSA) is 75.3 Å². The van der Waals surface area contributed by atoms with Crippen LogP contribution < -0.4 is 10.6 Å². The molecule has 0 saturated carbocycles. The van der Waals surface area contributed by atoms with Crippen molar-refractivity contribution in [2.24, 2.45) is 0 Å². The lowest BCUT2D eigenvalue weighted by Gasteiger charge is -2.05. The molecule has 0 fully saturated rings. The van der Waals surface area contributed by atoms with Crippen LogP contribution in [0.4, 0.5) is 0 Å². The Balaban J connectivity index is 1.90. The summed E-state index contributed by atoms with van der Waals surface area (Å²) in [5.41, 5.74) is 0. The zero-order valence-electron chi connectivity index (χ0n) is 13.4. The first-order valence-corrected chi connectivity index (χ1v) is 9.63. The number of carbonyl (C=O) groups is 3. The second kappa shape index (κ2) is 12.1. The van der Waals surface area contributed by atoms with Gasteiger partial charge in [0.2, 0.25) is 11.8 Å². The minimum atomic E-state index is -0.114. The van der Waals surface area contributed by atoms with E-state index in [1.165, 1.54) is 11.8 Å². The second-order valence-corrected chi connectivity index (χ2v) is 7.30. The molecule has 1 aromatic heterocycles. The van der Waals surface area contributed by atoms with E-state index in [1.807, 2.05) is 11.4 Å². The zero-order valence-corrected chi connectivity index (χ0v) is 15.1. The second-order valence-electron chi connectivity index (χ2n) is 5.12. The van der Waals surface area contributed by atoms with Crippen LogP contribution in [0.5, 0.6) is 0 Å². The average Bonchev–Trinajstić information content (AvgIpc) is 3.02. The molecule has 1 aromatic rings. The van der Waals surface area contributed by atoms with E-state index >= 15 is 0 Å². The van der Waals surface area contributed by atoms with Gasteiger partial charge in [-0.05, 0) is 30.7 Å². The minimum absolute atomic E-state index is 0.0507. The van der Waals surface area contributed by atoms with E-state index in [-0.39, 0.29) is 22.7 Å². The number of amides is 2. The molecule has 128 valence electrons. The SMILES string of the molecule is CC(=O)SCC(=O)NCCCCCC(=O)NCCc1cccs1. The third-order valence-electron chi connectivity index (χ3n) is 3.08. The molecule has 2 N–H and O–H groups in total. The van der Waals surface area contributed by atoms with Gasteiger partial charge in [0.1, 0.15) is 0 Å². The fourth-order valence-corrected chi connectivity index (χ4v) is 3.05. The van der Waals surface area contributed by atoms with E-state index in [1.54, 1.807) is 11.3 Å². The van der Waals surface area contributed by atoms with Crippen LogP contribution in [-0.4, -0.2) is 35.8 Å². The first-order valence-electron chi connectivity index (χ1n) is 7.77. The number of rotatable bonds is 11. The van der Waals surface area contributed by atoms with Crippen LogP contribution in [0.1, 0.15) is 37.5 Å². The van der Waals surface area contributed by atoms with Gasteiger partial charge in [-0.15, -0.1) is 11.3 Å². The van der Waals surface area contributed by atoms with Crippen molar-refractivity contribution < 1.29 is 14.4 Å². The normalized spacial score (nSPS) is 10.3. The smallest absolute Gasteiger partial charge is 0.230 e. The van der Waals surface area contributed by atoms with Crippen molar-refractivity contribution in [3.8, 4) is 0 Å². The Bertz CT molecular complexity index is 490. The summed E-state index contributed by atoms with van der Waals surface area (Å²) in [7, 11) is 0. The van der Waals surface area contributed by atoms with E-state index in [9.17, 15) is 14.4 Å². The summed E-state index contributed by atoms with van der Waals surface area (Å²) in [5, 5.41) is 7.67. The zero-order chi connectivity index (χ0) is 16.9.